The Balaban J connectivity index is 1.23. The Labute approximate surface area is 171 Å². The summed E-state index contributed by atoms with van der Waals surface area (Å²) in [5.41, 5.74) is 3.04. The highest BCUT2D eigenvalue weighted by Crippen LogP contribution is 2.40. The summed E-state index contributed by atoms with van der Waals surface area (Å²) in [5.74, 6) is 2.80. The molecule has 3 heterocycles. The third-order valence-electron chi connectivity index (χ3n) is 6.28. The molecule has 1 fully saturated rings. The minimum atomic E-state index is 0.0749. The molecule has 2 aromatic carbocycles. The van der Waals surface area contributed by atoms with Gasteiger partial charge in [0, 0.05) is 44.2 Å². The van der Waals surface area contributed by atoms with Crippen molar-refractivity contribution in [2.24, 2.45) is 0 Å². The molecule has 29 heavy (non-hydrogen) atoms. The summed E-state index contributed by atoms with van der Waals surface area (Å²) in [6.45, 7) is 8.50. The number of nitrogens with zero attached hydrogens (tertiary/aromatic N) is 2. The average molecular weight is 394 g/mol. The number of carbonyl (C=O) groups is 1. The highest BCUT2D eigenvalue weighted by atomic mass is 16.7. The highest BCUT2D eigenvalue weighted by Gasteiger charge is 2.33. The largest absolute Gasteiger partial charge is 0.489 e. The normalized spacial score (nSPS) is 23.0. The molecule has 2 aromatic rings. The van der Waals surface area contributed by atoms with Crippen LogP contribution in [0.15, 0.2) is 36.4 Å². The molecule has 1 amide bonds. The fourth-order valence-electron chi connectivity index (χ4n) is 4.33. The van der Waals surface area contributed by atoms with Crippen LogP contribution in [0.1, 0.15) is 41.3 Å². The van der Waals surface area contributed by atoms with Gasteiger partial charge in [-0.15, -0.1) is 0 Å². The van der Waals surface area contributed by atoms with Gasteiger partial charge in [0.25, 0.3) is 5.91 Å². The van der Waals surface area contributed by atoms with Gasteiger partial charge in [-0.2, -0.15) is 0 Å². The van der Waals surface area contributed by atoms with Crippen LogP contribution in [-0.4, -0.2) is 54.8 Å². The lowest BCUT2D eigenvalue weighted by Crippen LogP contribution is -2.48. The summed E-state index contributed by atoms with van der Waals surface area (Å²) in [5, 5.41) is 0. The lowest BCUT2D eigenvalue weighted by molar-refractivity contribution is 0.0623. The lowest BCUT2D eigenvalue weighted by atomic mass is 9.96. The van der Waals surface area contributed by atoms with Gasteiger partial charge in [0.15, 0.2) is 11.5 Å². The monoisotopic (exact) mass is 394 g/mol. The third kappa shape index (κ3) is 3.31. The number of hydrogen-bond acceptors (Lipinski definition) is 5. The van der Waals surface area contributed by atoms with Crippen LogP contribution in [0, 0.1) is 0 Å². The van der Waals surface area contributed by atoms with Crippen molar-refractivity contribution in [2.75, 3.05) is 33.0 Å². The van der Waals surface area contributed by atoms with Crippen molar-refractivity contribution >= 4 is 5.91 Å². The smallest absolute Gasteiger partial charge is 0.257 e. The predicted octanol–water partition coefficient (Wildman–Crippen LogP) is 3.26. The van der Waals surface area contributed by atoms with Crippen LogP contribution in [0.3, 0.4) is 0 Å². The molecule has 0 saturated carbocycles. The van der Waals surface area contributed by atoms with Crippen molar-refractivity contribution in [3.8, 4) is 17.2 Å². The predicted molar refractivity (Wildman–Crippen MR) is 109 cm³/mol. The van der Waals surface area contributed by atoms with E-state index >= 15 is 0 Å². The van der Waals surface area contributed by atoms with E-state index in [1.165, 1.54) is 5.56 Å². The maximum Gasteiger partial charge on any atom is 0.257 e. The van der Waals surface area contributed by atoms with Crippen LogP contribution < -0.4 is 14.2 Å². The molecular weight excluding hydrogens is 368 g/mol. The molecule has 2 unspecified atom stereocenters. The van der Waals surface area contributed by atoms with Crippen molar-refractivity contribution in [1.29, 1.82) is 0 Å². The number of para-hydroxylation sites is 1. The van der Waals surface area contributed by atoms with Crippen LogP contribution in [0.25, 0.3) is 0 Å². The van der Waals surface area contributed by atoms with Gasteiger partial charge in [0.2, 0.25) is 6.79 Å². The molecule has 1 saturated heterocycles. The van der Waals surface area contributed by atoms with Gasteiger partial charge < -0.3 is 19.1 Å². The van der Waals surface area contributed by atoms with E-state index in [0.717, 1.165) is 55.5 Å². The zero-order valence-corrected chi connectivity index (χ0v) is 16.9. The summed E-state index contributed by atoms with van der Waals surface area (Å²) in [6.07, 6.45) is 0.109. The number of fused-ring (bicyclic) bond motifs is 2. The first-order valence-electron chi connectivity index (χ1n) is 10.3. The average Bonchev–Trinajstić information content (AvgIpc) is 3.32. The van der Waals surface area contributed by atoms with Crippen molar-refractivity contribution < 1.29 is 19.0 Å². The quantitative estimate of drug-likeness (QED) is 0.800. The number of ether oxygens (including phenoxy) is 3. The zero-order valence-electron chi connectivity index (χ0n) is 16.9. The van der Waals surface area contributed by atoms with E-state index in [-0.39, 0.29) is 12.0 Å². The molecule has 152 valence electrons. The van der Waals surface area contributed by atoms with Gasteiger partial charge in [0.05, 0.1) is 5.56 Å². The third-order valence-corrected chi connectivity index (χ3v) is 6.28. The van der Waals surface area contributed by atoms with Crippen LogP contribution in [0.4, 0.5) is 0 Å². The van der Waals surface area contributed by atoms with Crippen molar-refractivity contribution in [3.05, 3.63) is 53.1 Å². The van der Waals surface area contributed by atoms with E-state index in [9.17, 15) is 4.79 Å². The summed E-state index contributed by atoms with van der Waals surface area (Å²) in [6, 6.07) is 12.0. The summed E-state index contributed by atoms with van der Waals surface area (Å²) in [7, 11) is 0. The van der Waals surface area contributed by atoms with E-state index in [4.69, 9.17) is 14.2 Å². The Kier molecular flexibility index (Phi) is 4.59. The molecule has 3 aliphatic heterocycles. The number of hydrogen-bond donors (Lipinski definition) is 0. The van der Waals surface area contributed by atoms with Gasteiger partial charge in [-0.25, -0.2) is 0 Å². The number of benzene rings is 2. The van der Waals surface area contributed by atoms with Crippen molar-refractivity contribution in [3.63, 3.8) is 0 Å². The Hall–Kier alpha value is -2.73. The Bertz CT molecular complexity index is 936. The maximum absolute atomic E-state index is 13.2. The molecule has 0 aliphatic carbocycles. The zero-order chi connectivity index (χ0) is 20.0. The van der Waals surface area contributed by atoms with E-state index in [0.29, 0.717) is 18.3 Å². The first-order chi connectivity index (χ1) is 14.1. The minimum Gasteiger partial charge on any atom is -0.489 e. The SMILES string of the molecule is CC1Oc2c(C(=O)N3CCN(Cc4ccc5c(c4)OCO5)CC3)cccc2C1C. The highest BCUT2D eigenvalue weighted by molar-refractivity contribution is 5.97. The molecule has 3 aliphatic rings. The molecule has 0 bridgehead atoms. The fourth-order valence-corrected chi connectivity index (χ4v) is 4.33. The van der Waals surface area contributed by atoms with Crippen molar-refractivity contribution in [2.45, 2.75) is 32.4 Å². The van der Waals surface area contributed by atoms with E-state index in [2.05, 4.69) is 30.9 Å². The van der Waals surface area contributed by atoms with Crippen LogP contribution >= 0.6 is 0 Å². The van der Waals surface area contributed by atoms with Gasteiger partial charge in [-0.1, -0.05) is 25.1 Å². The first kappa shape index (κ1) is 18.3. The number of carbonyl (C=O) groups excluding carboxylic acids is 1. The van der Waals surface area contributed by atoms with Gasteiger partial charge in [0.1, 0.15) is 11.9 Å². The molecule has 0 N–H and O–H groups in total. The van der Waals surface area contributed by atoms with Gasteiger partial charge in [-0.05, 0) is 30.7 Å². The van der Waals surface area contributed by atoms with Crippen LogP contribution in [0.2, 0.25) is 0 Å². The van der Waals surface area contributed by atoms with Crippen LogP contribution in [-0.2, 0) is 6.54 Å². The van der Waals surface area contributed by atoms with E-state index < -0.39 is 0 Å². The molecule has 5 rings (SSSR count). The fraction of sp³-hybridized carbons (Fsp3) is 0.435. The minimum absolute atomic E-state index is 0.0749. The molecule has 6 nitrogen and oxygen atoms in total. The molecule has 0 radical (unpaired) electrons. The maximum atomic E-state index is 13.2. The molecular formula is C23H26N2O4. The number of amides is 1. The van der Waals surface area contributed by atoms with E-state index in [1.54, 1.807) is 0 Å². The summed E-state index contributed by atoms with van der Waals surface area (Å²) in [4.78, 5) is 17.5. The Morgan fingerprint density at radius 1 is 1.03 bits per heavy atom. The number of piperazine rings is 1. The molecule has 0 spiro atoms. The van der Waals surface area contributed by atoms with Crippen LogP contribution in [0.5, 0.6) is 17.2 Å². The topological polar surface area (TPSA) is 51.2 Å². The second-order valence-electron chi connectivity index (χ2n) is 8.09. The van der Waals surface area contributed by atoms with Gasteiger partial charge in [-0.3, -0.25) is 9.69 Å². The molecule has 0 aromatic heterocycles. The Morgan fingerprint density at radius 2 is 1.83 bits per heavy atom. The summed E-state index contributed by atoms with van der Waals surface area (Å²) >= 11 is 0. The first-order valence-corrected chi connectivity index (χ1v) is 10.3. The second kappa shape index (κ2) is 7.26. The molecule has 2 atom stereocenters. The second-order valence-corrected chi connectivity index (χ2v) is 8.09. The van der Waals surface area contributed by atoms with E-state index in [1.807, 2.05) is 29.2 Å². The number of rotatable bonds is 3. The molecule has 6 heteroatoms. The summed E-state index contributed by atoms with van der Waals surface area (Å²) < 4.78 is 16.9. The standard InChI is InChI=1S/C23H26N2O4/c1-15-16(2)29-22-18(15)4-3-5-19(22)23(26)25-10-8-24(9-11-25)13-17-6-7-20-21(12-17)28-14-27-20/h3-7,12,15-16H,8-11,13-14H2,1-2H3. The van der Waals surface area contributed by atoms with Crippen molar-refractivity contribution in [1.82, 2.24) is 9.80 Å². The Morgan fingerprint density at radius 3 is 2.66 bits per heavy atom. The lowest BCUT2D eigenvalue weighted by Gasteiger charge is -2.35. The van der Waals surface area contributed by atoms with Gasteiger partial charge >= 0.3 is 0 Å².